The van der Waals surface area contributed by atoms with Crippen LogP contribution in [0.25, 0.3) is 10.9 Å². The third-order valence-corrected chi connectivity index (χ3v) is 4.98. The van der Waals surface area contributed by atoms with Crippen molar-refractivity contribution in [2.24, 2.45) is 0 Å². The maximum Gasteiger partial charge on any atom is 0.261 e. The van der Waals surface area contributed by atoms with Gasteiger partial charge in [0.05, 0.1) is 23.8 Å². The lowest BCUT2D eigenvalue weighted by molar-refractivity contribution is -0.132. The lowest BCUT2D eigenvalue weighted by Gasteiger charge is -2.23. The van der Waals surface area contributed by atoms with E-state index in [2.05, 4.69) is 20.9 Å². The molecule has 1 aromatic heterocycles. The molecule has 28 heavy (non-hydrogen) atoms. The molecule has 3 aromatic rings. The highest BCUT2D eigenvalue weighted by Gasteiger charge is 2.15. The standard InChI is InChI=1S/C21H22BrN3O3/c1-28-12-11-24(14-16-5-3-2-4-6-16)20(26)9-10-25-15-23-19-8-7-17(22)13-18(19)21(25)27/h2-8,13,15H,9-12,14H2,1H3. The van der Waals surface area contributed by atoms with E-state index in [9.17, 15) is 9.59 Å². The van der Waals surface area contributed by atoms with Gasteiger partial charge in [-0.1, -0.05) is 46.3 Å². The summed E-state index contributed by atoms with van der Waals surface area (Å²) in [5, 5.41) is 0.532. The molecule has 0 bridgehead atoms. The Hall–Kier alpha value is -2.51. The summed E-state index contributed by atoms with van der Waals surface area (Å²) in [5.74, 6) is -0.0258. The van der Waals surface area contributed by atoms with Gasteiger partial charge in [-0.05, 0) is 23.8 Å². The first kappa shape index (κ1) is 20.2. The molecule has 0 aliphatic carbocycles. The van der Waals surface area contributed by atoms with Crippen LogP contribution in [-0.4, -0.2) is 40.6 Å². The first-order valence-electron chi connectivity index (χ1n) is 9.04. The molecule has 146 valence electrons. The van der Waals surface area contributed by atoms with Crippen molar-refractivity contribution in [3.8, 4) is 0 Å². The van der Waals surface area contributed by atoms with E-state index in [1.54, 1.807) is 24.1 Å². The number of hydrogen-bond acceptors (Lipinski definition) is 4. The first-order chi connectivity index (χ1) is 13.6. The van der Waals surface area contributed by atoms with Crippen LogP contribution in [0.15, 0.2) is 64.1 Å². The van der Waals surface area contributed by atoms with Gasteiger partial charge in [-0.2, -0.15) is 0 Å². The van der Waals surface area contributed by atoms with Crippen LogP contribution < -0.4 is 5.56 Å². The number of carbonyl (C=O) groups is 1. The molecule has 0 fully saturated rings. The van der Waals surface area contributed by atoms with Crippen molar-refractivity contribution < 1.29 is 9.53 Å². The normalized spacial score (nSPS) is 10.9. The van der Waals surface area contributed by atoms with Crippen LogP contribution in [0.3, 0.4) is 0 Å². The van der Waals surface area contributed by atoms with E-state index in [1.807, 2.05) is 36.4 Å². The molecular formula is C21H22BrN3O3. The second kappa shape index (κ2) is 9.61. The lowest BCUT2D eigenvalue weighted by atomic mass is 10.2. The number of methoxy groups -OCH3 is 1. The zero-order chi connectivity index (χ0) is 19.9. The smallest absolute Gasteiger partial charge is 0.261 e. The van der Waals surface area contributed by atoms with Crippen molar-refractivity contribution in [2.45, 2.75) is 19.5 Å². The van der Waals surface area contributed by atoms with Crippen LogP contribution in [0.4, 0.5) is 0 Å². The SMILES string of the molecule is COCCN(Cc1ccccc1)C(=O)CCn1cnc2ccc(Br)cc2c1=O. The van der Waals surface area contributed by atoms with Crippen LogP contribution in [0.1, 0.15) is 12.0 Å². The van der Waals surface area contributed by atoms with Gasteiger partial charge in [-0.25, -0.2) is 4.98 Å². The van der Waals surface area contributed by atoms with Crippen molar-refractivity contribution in [2.75, 3.05) is 20.3 Å². The summed E-state index contributed by atoms with van der Waals surface area (Å²) in [7, 11) is 1.61. The average molecular weight is 444 g/mol. The maximum atomic E-state index is 12.8. The minimum Gasteiger partial charge on any atom is -0.383 e. The van der Waals surface area contributed by atoms with Crippen LogP contribution >= 0.6 is 15.9 Å². The second-order valence-corrected chi connectivity index (χ2v) is 7.36. The number of nitrogens with zero attached hydrogens (tertiary/aromatic N) is 3. The predicted molar refractivity (Wildman–Crippen MR) is 112 cm³/mol. The molecule has 0 saturated heterocycles. The molecule has 1 amide bonds. The van der Waals surface area contributed by atoms with E-state index < -0.39 is 0 Å². The fourth-order valence-electron chi connectivity index (χ4n) is 2.96. The quantitative estimate of drug-likeness (QED) is 0.535. The molecule has 0 aliphatic rings. The number of benzene rings is 2. The Morgan fingerprint density at radius 3 is 2.75 bits per heavy atom. The average Bonchev–Trinajstić information content (AvgIpc) is 2.71. The summed E-state index contributed by atoms with van der Waals surface area (Å²) < 4.78 is 7.45. The number of halogens is 1. The van der Waals surface area contributed by atoms with E-state index in [0.29, 0.717) is 30.6 Å². The summed E-state index contributed by atoms with van der Waals surface area (Å²) in [6.45, 7) is 1.76. The molecule has 0 saturated carbocycles. The molecule has 6 nitrogen and oxygen atoms in total. The minimum atomic E-state index is -0.148. The largest absolute Gasteiger partial charge is 0.383 e. The molecule has 0 atom stereocenters. The monoisotopic (exact) mass is 443 g/mol. The minimum absolute atomic E-state index is 0.0258. The van der Waals surface area contributed by atoms with Crippen molar-refractivity contribution in [3.63, 3.8) is 0 Å². The summed E-state index contributed by atoms with van der Waals surface area (Å²) in [6, 6.07) is 15.2. The fraction of sp³-hybridized carbons (Fsp3) is 0.286. The number of ether oxygens (including phenoxy) is 1. The molecule has 7 heteroatoms. The van der Waals surface area contributed by atoms with Gasteiger partial charge in [-0.15, -0.1) is 0 Å². The second-order valence-electron chi connectivity index (χ2n) is 6.45. The Morgan fingerprint density at radius 2 is 2.00 bits per heavy atom. The van der Waals surface area contributed by atoms with E-state index in [0.717, 1.165) is 10.0 Å². The van der Waals surface area contributed by atoms with Crippen LogP contribution in [0.5, 0.6) is 0 Å². The maximum absolute atomic E-state index is 12.8. The molecule has 0 unspecified atom stereocenters. The van der Waals surface area contributed by atoms with Gasteiger partial charge >= 0.3 is 0 Å². The zero-order valence-corrected chi connectivity index (χ0v) is 17.3. The van der Waals surface area contributed by atoms with Gasteiger partial charge in [0.1, 0.15) is 0 Å². The molecule has 1 heterocycles. The van der Waals surface area contributed by atoms with Gasteiger partial charge in [0.25, 0.3) is 5.56 Å². The van der Waals surface area contributed by atoms with Crippen molar-refractivity contribution in [3.05, 3.63) is 75.2 Å². The van der Waals surface area contributed by atoms with Crippen molar-refractivity contribution in [1.82, 2.24) is 14.5 Å². The molecule has 0 spiro atoms. The Kier molecular flexibility index (Phi) is 6.95. The summed E-state index contributed by atoms with van der Waals surface area (Å²) >= 11 is 3.38. The Morgan fingerprint density at radius 1 is 1.21 bits per heavy atom. The number of rotatable bonds is 8. The highest BCUT2D eigenvalue weighted by molar-refractivity contribution is 9.10. The molecule has 3 rings (SSSR count). The van der Waals surface area contributed by atoms with Crippen LogP contribution in [-0.2, 0) is 22.6 Å². The Labute approximate surface area is 171 Å². The Bertz CT molecular complexity index is 1000. The van der Waals surface area contributed by atoms with Gasteiger partial charge in [0.2, 0.25) is 5.91 Å². The third-order valence-electron chi connectivity index (χ3n) is 4.49. The molecule has 0 aliphatic heterocycles. The number of amides is 1. The highest BCUT2D eigenvalue weighted by Crippen LogP contribution is 2.15. The summed E-state index contributed by atoms with van der Waals surface area (Å²) in [4.78, 5) is 31.5. The Balaban J connectivity index is 1.72. The topological polar surface area (TPSA) is 64.4 Å². The van der Waals surface area contributed by atoms with Crippen LogP contribution in [0.2, 0.25) is 0 Å². The van der Waals surface area contributed by atoms with Gasteiger partial charge in [0.15, 0.2) is 0 Å². The summed E-state index contributed by atoms with van der Waals surface area (Å²) in [5.41, 5.74) is 1.55. The number of fused-ring (bicyclic) bond motifs is 1. The van der Waals surface area contributed by atoms with Crippen LogP contribution in [0, 0.1) is 0 Å². The van der Waals surface area contributed by atoms with E-state index in [4.69, 9.17) is 4.74 Å². The number of carbonyl (C=O) groups excluding carboxylic acids is 1. The van der Waals surface area contributed by atoms with Gasteiger partial charge in [-0.3, -0.25) is 14.2 Å². The number of hydrogen-bond donors (Lipinski definition) is 0. The first-order valence-corrected chi connectivity index (χ1v) is 9.83. The van der Waals surface area contributed by atoms with Gasteiger partial charge < -0.3 is 9.64 Å². The third kappa shape index (κ3) is 5.05. The highest BCUT2D eigenvalue weighted by atomic mass is 79.9. The number of aromatic nitrogens is 2. The molecule has 0 radical (unpaired) electrons. The molecule has 0 N–H and O–H groups in total. The van der Waals surface area contributed by atoms with Gasteiger partial charge in [0, 0.05) is 37.6 Å². The van der Waals surface area contributed by atoms with E-state index >= 15 is 0 Å². The van der Waals surface area contributed by atoms with E-state index in [-0.39, 0.29) is 24.4 Å². The predicted octanol–water partition coefficient (Wildman–Crippen LogP) is 3.22. The fourth-order valence-corrected chi connectivity index (χ4v) is 3.32. The van der Waals surface area contributed by atoms with Crippen molar-refractivity contribution in [1.29, 1.82) is 0 Å². The molecule has 2 aromatic carbocycles. The lowest BCUT2D eigenvalue weighted by Crippen LogP contribution is -2.34. The number of aryl methyl sites for hydroxylation is 1. The van der Waals surface area contributed by atoms with Crippen molar-refractivity contribution >= 4 is 32.7 Å². The summed E-state index contributed by atoms with van der Waals surface area (Å²) in [6.07, 6.45) is 1.72. The van der Waals surface area contributed by atoms with E-state index in [1.165, 1.54) is 10.9 Å². The molecular weight excluding hydrogens is 422 g/mol. The zero-order valence-electron chi connectivity index (χ0n) is 15.7.